The van der Waals surface area contributed by atoms with Crippen LogP contribution in [0.5, 0.6) is 11.5 Å². The first-order valence-electron chi connectivity index (χ1n) is 15.1. The Morgan fingerprint density at radius 2 is 1.39 bits per heavy atom. The molecular formula is C36H45ClN2O5. The van der Waals surface area contributed by atoms with Gasteiger partial charge in [0.15, 0.2) is 17.3 Å². The van der Waals surface area contributed by atoms with E-state index in [1.54, 1.807) is 36.4 Å². The molecule has 0 saturated heterocycles. The molecule has 2 unspecified atom stereocenters. The maximum Gasteiger partial charge on any atom is 0.265 e. The Hall–Kier alpha value is -3.84. The highest BCUT2D eigenvalue weighted by Gasteiger charge is 2.30. The zero-order valence-electron chi connectivity index (χ0n) is 27.0. The minimum absolute atomic E-state index is 0.00635. The van der Waals surface area contributed by atoms with E-state index in [2.05, 4.69) is 64.3 Å². The van der Waals surface area contributed by atoms with Crippen LogP contribution in [0.4, 0.5) is 11.4 Å². The van der Waals surface area contributed by atoms with E-state index in [1.807, 2.05) is 19.1 Å². The van der Waals surface area contributed by atoms with E-state index in [9.17, 15) is 14.4 Å². The molecule has 44 heavy (non-hydrogen) atoms. The number of alkyl halides is 1. The molecule has 2 amide bonds. The zero-order chi connectivity index (χ0) is 32.7. The van der Waals surface area contributed by atoms with Gasteiger partial charge in [0.25, 0.3) is 5.91 Å². The van der Waals surface area contributed by atoms with Gasteiger partial charge in [0.2, 0.25) is 5.91 Å². The number of halogens is 1. The minimum Gasteiger partial charge on any atom is -0.496 e. The fourth-order valence-corrected chi connectivity index (χ4v) is 4.81. The van der Waals surface area contributed by atoms with Crippen LogP contribution in [-0.2, 0) is 20.4 Å². The summed E-state index contributed by atoms with van der Waals surface area (Å²) in [5, 5.41) is 4.00. The number of ether oxygens (including phenoxy) is 2. The number of amides is 2. The van der Waals surface area contributed by atoms with Crippen molar-refractivity contribution in [3.63, 3.8) is 0 Å². The monoisotopic (exact) mass is 620 g/mol. The lowest BCUT2D eigenvalue weighted by molar-refractivity contribution is -0.123. The first-order valence-corrected chi connectivity index (χ1v) is 15.6. The van der Waals surface area contributed by atoms with Crippen molar-refractivity contribution in [3.05, 3.63) is 83.4 Å². The normalized spacial score (nSPS) is 13.0. The molecule has 2 atom stereocenters. The number of nitrogens with one attached hydrogen (secondary N) is 2. The van der Waals surface area contributed by atoms with Crippen LogP contribution in [0.15, 0.2) is 66.7 Å². The summed E-state index contributed by atoms with van der Waals surface area (Å²) in [6, 6.07) is 19.6. The highest BCUT2D eigenvalue weighted by Crippen LogP contribution is 2.39. The third kappa shape index (κ3) is 8.20. The largest absolute Gasteiger partial charge is 0.496 e. The average molecular weight is 621 g/mol. The van der Waals surface area contributed by atoms with Crippen LogP contribution in [0, 0.1) is 0 Å². The number of hydrogen-bond acceptors (Lipinski definition) is 5. The summed E-state index contributed by atoms with van der Waals surface area (Å²) in [5.74, 6) is -0.778. The Bertz CT molecular complexity index is 1470. The van der Waals surface area contributed by atoms with Crippen molar-refractivity contribution >= 4 is 40.6 Å². The van der Waals surface area contributed by atoms with Crippen LogP contribution in [0.2, 0.25) is 0 Å². The lowest BCUT2D eigenvalue weighted by atomic mass is 9.76. The number of anilines is 2. The van der Waals surface area contributed by atoms with E-state index in [0.29, 0.717) is 23.5 Å². The number of para-hydroxylation sites is 1. The molecule has 3 aromatic carbocycles. The lowest BCUT2D eigenvalue weighted by Gasteiger charge is -2.31. The van der Waals surface area contributed by atoms with E-state index >= 15 is 0 Å². The van der Waals surface area contributed by atoms with Gasteiger partial charge >= 0.3 is 0 Å². The van der Waals surface area contributed by atoms with Crippen molar-refractivity contribution in [1.29, 1.82) is 0 Å². The zero-order valence-corrected chi connectivity index (χ0v) is 27.8. The first kappa shape index (κ1) is 34.6. The molecule has 0 bridgehead atoms. The van der Waals surface area contributed by atoms with Gasteiger partial charge < -0.3 is 20.1 Å². The van der Waals surface area contributed by atoms with Gasteiger partial charge in [0.1, 0.15) is 11.5 Å². The average Bonchev–Trinajstić information content (AvgIpc) is 3.03. The summed E-state index contributed by atoms with van der Waals surface area (Å²) >= 11 is 6.30. The predicted molar refractivity (Wildman–Crippen MR) is 178 cm³/mol. The van der Waals surface area contributed by atoms with Crippen molar-refractivity contribution in [2.24, 2.45) is 0 Å². The molecule has 0 aliphatic rings. The topological polar surface area (TPSA) is 93.7 Å². The second kappa shape index (κ2) is 14.8. The SMILES string of the molecule is CCC(Oc1ccc(C(C)(C)CC)cc1C(C)(C)CC)C(=O)Nc1ccc(OC)c(C(=O)C(Cl)C(=O)Nc2ccccc2)c1. The molecule has 0 aliphatic carbocycles. The van der Waals surface area contributed by atoms with Crippen LogP contribution in [-0.4, -0.2) is 36.2 Å². The Morgan fingerprint density at radius 3 is 1.98 bits per heavy atom. The van der Waals surface area contributed by atoms with Crippen molar-refractivity contribution in [2.45, 2.75) is 90.0 Å². The predicted octanol–water partition coefficient (Wildman–Crippen LogP) is 8.30. The Labute approximate surface area is 266 Å². The fourth-order valence-electron chi connectivity index (χ4n) is 4.64. The fraction of sp³-hybridized carbons (Fsp3) is 0.417. The number of carbonyl (C=O) groups excluding carboxylic acids is 3. The second-order valence-corrected chi connectivity index (χ2v) is 12.6. The van der Waals surface area contributed by atoms with Gasteiger partial charge in [0, 0.05) is 16.9 Å². The summed E-state index contributed by atoms with van der Waals surface area (Å²) in [5.41, 5.74) is 3.07. The van der Waals surface area contributed by atoms with Crippen LogP contribution >= 0.6 is 11.6 Å². The van der Waals surface area contributed by atoms with E-state index in [4.69, 9.17) is 21.1 Å². The number of benzene rings is 3. The van der Waals surface area contributed by atoms with Crippen LogP contribution in [0.25, 0.3) is 0 Å². The third-order valence-corrected chi connectivity index (χ3v) is 8.82. The third-order valence-electron chi connectivity index (χ3n) is 8.42. The molecule has 7 nitrogen and oxygen atoms in total. The molecule has 2 N–H and O–H groups in total. The summed E-state index contributed by atoms with van der Waals surface area (Å²) in [7, 11) is 1.42. The van der Waals surface area contributed by atoms with Crippen LogP contribution in [0.3, 0.4) is 0 Å². The quantitative estimate of drug-likeness (QED) is 0.107. The summed E-state index contributed by atoms with van der Waals surface area (Å²) in [6.45, 7) is 15.0. The first-order chi connectivity index (χ1) is 20.8. The summed E-state index contributed by atoms with van der Waals surface area (Å²) < 4.78 is 11.8. The van der Waals surface area contributed by atoms with E-state index in [0.717, 1.165) is 18.4 Å². The van der Waals surface area contributed by atoms with Crippen LogP contribution in [0.1, 0.15) is 89.2 Å². The number of carbonyl (C=O) groups is 3. The molecule has 0 aliphatic heterocycles. The second-order valence-electron chi connectivity index (χ2n) is 12.2. The van der Waals surface area contributed by atoms with Crippen molar-refractivity contribution in [3.8, 4) is 11.5 Å². The number of Topliss-reactive ketones (excluding diaryl/α,β-unsaturated/α-hetero) is 1. The number of ketones is 1. The van der Waals surface area contributed by atoms with Crippen molar-refractivity contribution in [1.82, 2.24) is 0 Å². The maximum atomic E-state index is 13.5. The van der Waals surface area contributed by atoms with E-state index < -0.39 is 23.2 Å². The molecule has 0 saturated carbocycles. The molecular weight excluding hydrogens is 576 g/mol. The van der Waals surface area contributed by atoms with Crippen molar-refractivity contribution < 1.29 is 23.9 Å². The Balaban J connectivity index is 1.84. The van der Waals surface area contributed by atoms with Gasteiger partial charge in [-0.2, -0.15) is 0 Å². The van der Waals surface area contributed by atoms with Gasteiger partial charge in [-0.1, -0.05) is 78.8 Å². The number of hydrogen-bond donors (Lipinski definition) is 2. The van der Waals surface area contributed by atoms with Gasteiger partial charge in [-0.3, -0.25) is 14.4 Å². The molecule has 0 aromatic heterocycles. The van der Waals surface area contributed by atoms with Gasteiger partial charge in [-0.15, -0.1) is 11.6 Å². The molecule has 0 heterocycles. The summed E-state index contributed by atoms with van der Waals surface area (Å²) in [4.78, 5) is 39.5. The molecule has 0 radical (unpaired) electrons. The lowest BCUT2D eigenvalue weighted by Crippen LogP contribution is -2.34. The minimum atomic E-state index is -1.51. The molecule has 8 heteroatoms. The molecule has 3 rings (SSSR count). The van der Waals surface area contributed by atoms with Crippen molar-refractivity contribution in [2.75, 3.05) is 17.7 Å². The van der Waals surface area contributed by atoms with Gasteiger partial charge in [-0.05, 0) is 72.1 Å². The standard InChI is InChI=1S/C36H45ClN2O5/c1-9-28(44-30-19-17-23(35(4,5)10-2)21-27(30)36(6,7)11-3)33(41)39-25-18-20-29(43-8)26(22-25)32(40)31(37)34(42)38-24-15-13-12-14-16-24/h12-22,28,31H,9-11H2,1-8H3,(H,38,42)(H,39,41). The molecule has 0 fully saturated rings. The van der Waals surface area contributed by atoms with E-state index in [1.165, 1.54) is 18.7 Å². The number of methoxy groups -OCH3 is 1. The molecule has 0 spiro atoms. The van der Waals surface area contributed by atoms with Crippen LogP contribution < -0.4 is 20.1 Å². The Kier molecular flexibility index (Phi) is 11.6. The molecule has 236 valence electrons. The van der Waals surface area contributed by atoms with Gasteiger partial charge in [-0.25, -0.2) is 0 Å². The Morgan fingerprint density at radius 1 is 0.773 bits per heavy atom. The molecule has 3 aromatic rings. The maximum absolute atomic E-state index is 13.5. The van der Waals surface area contributed by atoms with Gasteiger partial charge in [0.05, 0.1) is 12.7 Å². The summed E-state index contributed by atoms with van der Waals surface area (Å²) in [6.07, 6.45) is 1.53. The smallest absolute Gasteiger partial charge is 0.265 e. The highest BCUT2D eigenvalue weighted by atomic mass is 35.5. The highest BCUT2D eigenvalue weighted by molar-refractivity contribution is 6.45. The van der Waals surface area contributed by atoms with E-state index in [-0.39, 0.29) is 28.1 Å². The number of rotatable bonds is 14.